The molecule has 2 N–H and O–H groups in total. The summed E-state index contributed by atoms with van der Waals surface area (Å²) in [6.45, 7) is 0. The molecule has 0 saturated heterocycles. The van der Waals surface area contributed by atoms with Crippen LogP contribution in [0.1, 0.15) is 22.1 Å². The van der Waals surface area contributed by atoms with Crippen molar-refractivity contribution >= 4 is 17.5 Å². The molecule has 0 aliphatic carbocycles. The average Bonchev–Trinajstić information content (AvgIpc) is 2.83. The fraction of sp³-hybridized carbons (Fsp3) is 0.0769. The molecule has 1 unspecified atom stereocenters. The molecule has 0 aliphatic heterocycles. The molecule has 1 heterocycles. The van der Waals surface area contributed by atoms with Gasteiger partial charge in [0.15, 0.2) is 0 Å². The number of halogens is 1. The molecule has 0 aliphatic rings. The maximum Gasteiger partial charge on any atom is 0.269 e. The highest BCUT2D eigenvalue weighted by Crippen LogP contribution is 2.13. The third kappa shape index (κ3) is 2.70. The van der Waals surface area contributed by atoms with E-state index in [2.05, 4.69) is 10.3 Å². The van der Waals surface area contributed by atoms with Gasteiger partial charge >= 0.3 is 0 Å². The number of nitriles is 1. The lowest BCUT2D eigenvalue weighted by molar-refractivity contribution is 0.0941. The molecule has 1 atom stereocenters. The zero-order valence-electron chi connectivity index (χ0n) is 9.35. The van der Waals surface area contributed by atoms with Crippen LogP contribution in [0.3, 0.4) is 0 Å². The summed E-state index contributed by atoms with van der Waals surface area (Å²) in [7, 11) is 0. The fourth-order valence-corrected chi connectivity index (χ4v) is 1.71. The maximum absolute atomic E-state index is 11.8. The molecular formula is C13H10ClN3O. The molecule has 4 nitrogen and oxygen atoms in total. The Morgan fingerprint density at radius 1 is 1.28 bits per heavy atom. The first-order chi connectivity index (χ1) is 8.70. The summed E-state index contributed by atoms with van der Waals surface area (Å²) in [5, 5.41) is 12.1. The van der Waals surface area contributed by atoms with Crippen LogP contribution in [0.15, 0.2) is 42.5 Å². The average molecular weight is 260 g/mol. The van der Waals surface area contributed by atoms with Gasteiger partial charge in [0.1, 0.15) is 16.9 Å². The van der Waals surface area contributed by atoms with Crippen LogP contribution in [0.5, 0.6) is 0 Å². The van der Waals surface area contributed by atoms with Gasteiger partial charge < -0.3 is 10.3 Å². The van der Waals surface area contributed by atoms with Crippen molar-refractivity contribution in [3.05, 3.63) is 58.9 Å². The smallest absolute Gasteiger partial charge is 0.269 e. The van der Waals surface area contributed by atoms with Crippen LogP contribution in [-0.2, 0) is 0 Å². The van der Waals surface area contributed by atoms with Crippen LogP contribution >= 0.6 is 11.6 Å². The topological polar surface area (TPSA) is 68.7 Å². The lowest BCUT2D eigenvalue weighted by atomic mass is 10.1. The van der Waals surface area contributed by atoms with E-state index >= 15 is 0 Å². The Hall–Kier alpha value is -2.25. The highest BCUT2D eigenvalue weighted by molar-refractivity contribution is 6.29. The summed E-state index contributed by atoms with van der Waals surface area (Å²) in [6, 6.07) is 13.6. The van der Waals surface area contributed by atoms with Crippen LogP contribution in [-0.4, -0.2) is 10.9 Å². The van der Waals surface area contributed by atoms with Gasteiger partial charge in [0.25, 0.3) is 5.91 Å². The highest BCUT2D eigenvalue weighted by Gasteiger charge is 2.15. The summed E-state index contributed by atoms with van der Waals surface area (Å²) in [5.74, 6) is -0.364. The van der Waals surface area contributed by atoms with Gasteiger partial charge in [-0.25, -0.2) is 0 Å². The molecular weight excluding hydrogens is 250 g/mol. The first kappa shape index (κ1) is 12.2. The maximum atomic E-state index is 11.8. The number of H-pyrrole nitrogens is 1. The fourth-order valence-electron chi connectivity index (χ4n) is 1.55. The molecule has 1 aromatic carbocycles. The van der Waals surface area contributed by atoms with Crippen molar-refractivity contribution in [2.45, 2.75) is 6.04 Å². The Balaban J connectivity index is 2.13. The monoisotopic (exact) mass is 259 g/mol. The second kappa shape index (κ2) is 5.39. The number of hydrogen-bond donors (Lipinski definition) is 2. The molecule has 0 saturated carbocycles. The number of nitrogens with one attached hydrogen (secondary N) is 2. The van der Waals surface area contributed by atoms with Gasteiger partial charge in [0.2, 0.25) is 0 Å². The normalized spacial score (nSPS) is 11.6. The summed E-state index contributed by atoms with van der Waals surface area (Å²) < 4.78 is 0. The predicted molar refractivity (Wildman–Crippen MR) is 68.1 cm³/mol. The van der Waals surface area contributed by atoms with Crippen molar-refractivity contribution in [2.75, 3.05) is 0 Å². The summed E-state index contributed by atoms with van der Waals surface area (Å²) in [5.41, 5.74) is 1.07. The summed E-state index contributed by atoms with van der Waals surface area (Å²) in [4.78, 5) is 14.5. The van der Waals surface area contributed by atoms with Crippen LogP contribution in [0.4, 0.5) is 0 Å². The predicted octanol–water partition coefficient (Wildman–Crippen LogP) is 2.66. The number of amides is 1. The number of nitrogens with zero attached hydrogens (tertiary/aromatic N) is 1. The number of carbonyl (C=O) groups is 1. The van der Waals surface area contributed by atoms with Gasteiger partial charge in [-0.15, -0.1) is 0 Å². The molecule has 0 fully saturated rings. The lowest BCUT2D eigenvalue weighted by Gasteiger charge is -2.10. The van der Waals surface area contributed by atoms with Crippen LogP contribution in [0.2, 0.25) is 5.15 Å². The van der Waals surface area contributed by atoms with Crippen LogP contribution in [0, 0.1) is 11.3 Å². The summed E-state index contributed by atoms with van der Waals surface area (Å²) >= 11 is 5.69. The van der Waals surface area contributed by atoms with E-state index in [1.54, 1.807) is 24.3 Å². The molecule has 90 valence electrons. The van der Waals surface area contributed by atoms with E-state index in [9.17, 15) is 4.79 Å². The van der Waals surface area contributed by atoms with Crippen molar-refractivity contribution in [1.29, 1.82) is 5.26 Å². The van der Waals surface area contributed by atoms with E-state index in [0.29, 0.717) is 10.8 Å². The Morgan fingerprint density at radius 3 is 2.56 bits per heavy atom. The SMILES string of the molecule is N#CC(NC(=O)c1ccc(Cl)[nH]1)c1ccccc1. The standard InChI is InChI=1S/C13H10ClN3O/c14-12-7-6-10(16-12)13(18)17-11(8-15)9-4-2-1-3-5-9/h1-7,11,16H,(H,17,18). The lowest BCUT2D eigenvalue weighted by Crippen LogP contribution is -2.27. The Morgan fingerprint density at radius 2 is 2.00 bits per heavy atom. The number of rotatable bonds is 3. The Bertz CT molecular complexity index is 586. The summed E-state index contributed by atoms with van der Waals surface area (Å²) in [6.07, 6.45) is 0. The first-order valence-electron chi connectivity index (χ1n) is 5.30. The van der Waals surface area contributed by atoms with E-state index in [1.807, 2.05) is 24.3 Å². The molecule has 0 bridgehead atoms. The van der Waals surface area contributed by atoms with Crippen LogP contribution in [0.25, 0.3) is 0 Å². The van der Waals surface area contributed by atoms with Crippen LogP contribution < -0.4 is 5.32 Å². The third-order valence-corrected chi connectivity index (χ3v) is 2.65. The zero-order chi connectivity index (χ0) is 13.0. The number of aromatic amines is 1. The van der Waals surface area contributed by atoms with E-state index < -0.39 is 6.04 Å². The van der Waals surface area contributed by atoms with Crippen molar-refractivity contribution in [1.82, 2.24) is 10.3 Å². The van der Waals surface area contributed by atoms with Crippen molar-refractivity contribution in [3.63, 3.8) is 0 Å². The molecule has 5 heteroatoms. The van der Waals surface area contributed by atoms with Crippen molar-refractivity contribution in [3.8, 4) is 6.07 Å². The molecule has 0 spiro atoms. The molecule has 2 aromatic rings. The van der Waals surface area contributed by atoms with Gasteiger partial charge in [0.05, 0.1) is 6.07 Å². The minimum absolute atomic E-state index is 0.330. The number of aromatic nitrogens is 1. The van der Waals surface area contributed by atoms with Gasteiger partial charge in [-0.3, -0.25) is 4.79 Å². The number of carbonyl (C=O) groups excluding carboxylic acids is 1. The largest absolute Gasteiger partial charge is 0.342 e. The first-order valence-corrected chi connectivity index (χ1v) is 5.68. The second-order valence-electron chi connectivity index (χ2n) is 3.67. The Kier molecular flexibility index (Phi) is 3.66. The van der Waals surface area contributed by atoms with E-state index in [-0.39, 0.29) is 5.91 Å². The second-order valence-corrected chi connectivity index (χ2v) is 4.07. The van der Waals surface area contributed by atoms with E-state index in [4.69, 9.17) is 16.9 Å². The molecule has 2 rings (SSSR count). The van der Waals surface area contributed by atoms with E-state index in [0.717, 1.165) is 5.56 Å². The molecule has 1 aromatic heterocycles. The van der Waals surface area contributed by atoms with Crippen molar-refractivity contribution in [2.24, 2.45) is 0 Å². The van der Waals surface area contributed by atoms with E-state index in [1.165, 1.54) is 0 Å². The van der Waals surface area contributed by atoms with Gasteiger partial charge in [-0.1, -0.05) is 41.9 Å². The van der Waals surface area contributed by atoms with Gasteiger partial charge in [0, 0.05) is 0 Å². The number of hydrogen-bond acceptors (Lipinski definition) is 2. The van der Waals surface area contributed by atoms with Gasteiger partial charge in [-0.05, 0) is 17.7 Å². The molecule has 1 amide bonds. The minimum Gasteiger partial charge on any atom is -0.342 e. The number of benzene rings is 1. The Labute approximate surface area is 109 Å². The third-order valence-electron chi connectivity index (χ3n) is 2.43. The molecule has 0 radical (unpaired) electrons. The highest BCUT2D eigenvalue weighted by atomic mass is 35.5. The zero-order valence-corrected chi connectivity index (χ0v) is 10.1. The van der Waals surface area contributed by atoms with Crippen molar-refractivity contribution < 1.29 is 4.79 Å². The van der Waals surface area contributed by atoms with Gasteiger partial charge in [-0.2, -0.15) is 5.26 Å². The minimum atomic E-state index is -0.680. The molecule has 18 heavy (non-hydrogen) atoms. The quantitative estimate of drug-likeness (QED) is 0.890.